The lowest BCUT2D eigenvalue weighted by Gasteiger charge is -2.36. The van der Waals surface area contributed by atoms with Gasteiger partial charge in [-0.05, 0) is 43.9 Å². The minimum absolute atomic E-state index is 0.642. The second-order valence-electron chi connectivity index (χ2n) is 5.14. The van der Waals surface area contributed by atoms with Gasteiger partial charge in [-0.15, -0.1) is 0 Å². The zero-order chi connectivity index (χ0) is 11.8. The van der Waals surface area contributed by atoms with Crippen molar-refractivity contribution in [3.63, 3.8) is 0 Å². The zero-order valence-corrected chi connectivity index (χ0v) is 10.4. The summed E-state index contributed by atoms with van der Waals surface area (Å²) < 4.78 is 5.46. The summed E-state index contributed by atoms with van der Waals surface area (Å²) in [4.78, 5) is 2.55. The molecule has 92 valence electrons. The summed E-state index contributed by atoms with van der Waals surface area (Å²) in [6, 6.07) is 7.02. The molecule has 2 atom stereocenters. The zero-order valence-electron chi connectivity index (χ0n) is 10.4. The van der Waals surface area contributed by atoms with Crippen LogP contribution in [0.15, 0.2) is 18.2 Å². The van der Waals surface area contributed by atoms with Crippen LogP contribution in [0.2, 0.25) is 0 Å². The lowest BCUT2D eigenvalue weighted by molar-refractivity contribution is 0.355. The molecule has 0 amide bonds. The predicted molar refractivity (Wildman–Crippen MR) is 69.6 cm³/mol. The number of methoxy groups -OCH3 is 1. The molecule has 0 aliphatic carbocycles. The number of nitrogens with two attached hydrogens (primary N) is 1. The highest BCUT2D eigenvalue weighted by Crippen LogP contribution is 2.42. The molecule has 1 fully saturated rings. The molecule has 1 aromatic rings. The predicted octanol–water partition coefficient (Wildman–Crippen LogP) is 1.79. The number of hydrogen-bond acceptors (Lipinski definition) is 3. The van der Waals surface area contributed by atoms with Crippen LogP contribution < -0.4 is 15.4 Å². The molecule has 3 nitrogen and oxygen atoms in total. The average Bonchev–Trinajstić information content (AvgIpc) is 2.75. The third-order valence-corrected chi connectivity index (χ3v) is 4.24. The van der Waals surface area contributed by atoms with E-state index in [2.05, 4.69) is 23.1 Å². The summed E-state index contributed by atoms with van der Waals surface area (Å²) in [6.45, 7) is 1.98. The molecular formula is C14H20N2O. The number of ether oxygens (including phenoxy) is 1. The Balaban J connectivity index is 1.90. The van der Waals surface area contributed by atoms with Crippen LogP contribution in [0.5, 0.6) is 5.75 Å². The van der Waals surface area contributed by atoms with Crippen LogP contribution in [-0.2, 0) is 6.42 Å². The number of rotatable bonds is 2. The standard InChI is InChI=1S/C14H20N2O/c1-17-14-4-2-3-13-12(14)8-11-7-10(9-15)5-6-16(11)13/h2-4,10-11H,5-9,15H2,1H3. The van der Waals surface area contributed by atoms with E-state index in [0.29, 0.717) is 12.0 Å². The van der Waals surface area contributed by atoms with Gasteiger partial charge in [0.2, 0.25) is 0 Å². The van der Waals surface area contributed by atoms with Crippen LogP contribution in [0.25, 0.3) is 0 Å². The normalized spacial score (nSPS) is 26.6. The third kappa shape index (κ3) is 1.69. The molecule has 0 saturated carbocycles. The van der Waals surface area contributed by atoms with E-state index in [9.17, 15) is 0 Å². The van der Waals surface area contributed by atoms with Gasteiger partial charge >= 0.3 is 0 Å². The molecule has 2 unspecified atom stereocenters. The number of nitrogens with zero attached hydrogens (tertiary/aromatic N) is 1. The number of piperidine rings is 1. The van der Waals surface area contributed by atoms with E-state index in [0.717, 1.165) is 25.3 Å². The molecule has 2 N–H and O–H groups in total. The van der Waals surface area contributed by atoms with E-state index >= 15 is 0 Å². The van der Waals surface area contributed by atoms with Crippen molar-refractivity contribution in [2.45, 2.75) is 25.3 Å². The Kier molecular flexibility index (Phi) is 2.71. The van der Waals surface area contributed by atoms with Crippen LogP contribution in [0.3, 0.4) is 0 Å². The highest BCUT2D eigenvalue weighted by molar-refractivity contribution is 5.64. The summed E-state index contributed by atoms with van der Waals surface area (Å²) in [5.41, 5.74) is 8.57. The molecule has 3 rings (SSSR count). The van der Waals surface area contributed by atoms with Gasteiger partial charge in [0.25, 0.3) is 0 Å². The monoisotopic (exact) mass is 232 g/mol. The second-order valence-corrected chi connectivity index (χ2v) is 5.14. The third-order valence-electron chi connectivity index (χ3n) is 4.24. The Morgan fingerprint density at radius 3 is 3.12 bits per heavy atom. The van der Waals surface area contributed by atoms with Crippen molar-refractivity contribution >= 4 is 5.69 Å². The van der Waals surface area contributed by atoms with E-state index in [1.165, 1.54) is 24.1 Å². The Labute approximate surface area is 103 Å². The van der Waals surface area contributed by atoms with E-state index < -0.39 is 0 Å². The highest BCUT2D eigenvalue weighted by atomic mass is 16.5. The largest absolute Gasteiger partial charge is 0.496 e. The first-order valence-corrected chi connectivity index (χ1v) is 6.46. The van der Waals surface area contributed by atoms with Crippen LogP contribution in [0.4, 0.5) is 5.69 Å². The molecule has 0 aromatic heterocycles. The van der Waals surface area contributed by atoms with E-state index in [-0.39, 0.29) is 0 Å². The fraction of sp³-hybridized carbons (Fsp3) is 0.571. The molecule has 2 aliphatic heterocycles. The van der Waals surface area contributed by atoms with Crippen LogP contribution in [0.1, 0.15) is 18.4 Å². The Morgan fingerprint density at radius 2 is 2.35 bits per heavy atom. The first-order valence-electron chi connectivity index (χ1n) is 6.46. The topological polar surface area (TPSA) is 38.5 Å². The van der Waals surface area contributed by atoms with Gasteiger partial charge < -0.3 is 15.4 Å². The van der Waals surface area contributed by atoms with Crippen molar-refractivity contribution in [1.29, 1.82) is 0 Å². The quantitative estimate of drug-likeness (QED) is 0.845. The van der Waals surface area contributed by atoms with Crippen molar-refractivity contribution < 1.29 is 4.74 Å². The molecule has 0 spiro atoms. The number of benzene rings is 1. The molecule has 2 heterocycles. The second kappa shape index (κ2) is 4.22. The molecule has 1 aromatic carbocycles. The fourth-order valence-corrected chi connectivity index (χ4v) is 3.31. The minimum Gasteiger partial charge on any atom is -0.496 e. The van der Waals surface area contributed by atoms with Crippen molar-refractivity contribution in [3.8, 4) is 5.75 Å². The van der Waals surface area contributed by atoms with Crippen LogP contribution in [0, 0.1) is 5.92 Å². The van der Waals surface area contributed by atoms with Crippen molar-refractivity contribution in [2.24, 2.45) is 11.7 Å². The first-order chi connectivity index (χ1) is 8.33. The molecule has 2 aliphatic rings. The summed E-state index contributed by atoms with van der Waals surface area (Å²) in [6.07, 6.45) is 3.58. The maximum atomic E-state index is 5.80. The first kappa shape index (κ1) is 10.9. The Hall–Kier alpha value is -1.22. The van der Waals surface area contributed by atoms with Gasteiger partial charge in [-0.2, -0.15) is 0 Å². The lowest BCUT2D eigenvalue weighted by atomic mass is 9.91. The van der Waals surface area contributed by atoms with Crippen molar-refractivity contribution in [3.05, 3.63) is 23.8 Å². The molecule has 0 radical (unpaired) electrons. The maximum Gasteiger partial charge on any atom is 0.124 e. The van der Waals surface area contributed by atoms with Crippen molar-refractivity contribution in [2.75, 3.05) is 25.1 Å². The van der Waals surface area contributed by atoms with Gasteiger partial charge in [0.1, 0.15) is 5.75 Å². The van der Waals surface area contributed by atoms with E-state index in [1.54, 1.807) is 7.11 Å². The number of hydrogen-bond donors (Lipinski definition) is 1. The molecular weight excluding hydrogens is 212 g/mol. The number of fused-ring (bicyclic) bond motifs is 3. The minimum atomic E-state index is 0.642. The Bertz CT molecular complexity index is 419. The van der Waals surface area contributed by atoms with Crippen molar-refractivity contribution in [1.82, 2.24) is 0 Å². The number of anilines is 1. The Morgan fingerprint density at radius 1 is 1.47 bits per heavy atom. The SMILES string of the molecule is COc1cccc2c1CC1CC(CN)CCN21. The van der Waals surface area contributed by atoms with Gasteiger partial charge in [-0.25, -0.2) is 0 Å². The maximum absolute atomic E-state index is 5.80. The smallest absolute Gasteiger partial charge is 0.124 e. The van der Waals surface area contributed by atoms with Gasteiger partial charge in [0, 0.05) is 23.8 Å². The lowest BCUT2D eigenvalue weighted by Crippen LogP contribution is -2.41. The van der Waals surface area contributed by atoms with E-state index in [1.807, 2.05) is 0 Å². The molecule has 3 heteroatoms. The summed E-state index contributed by atoms with van der Waals surface area (Å²) >= 11 is 0. The van der Waals surface area contributed by atoms with Crippen LogP contribution >= 0.6 is 0 Å². The van der Waals surface area contributed by atoms with E-state index in [4.69, 9.17) is 10.5 Å². The molecule has 0 bridgehead atoms. The summed E-state index contributed by atoms with van der Waals surface area (Å²) in [7, 11) is 1.76. The summed E-state index contributed by atoms with van der Waals surface area (Å²) in [5.74, 6) is 1.75. The fourth-order valence-electron chi connectivity index (χ4n) is 3.31. The highest BCUT2D eigenvalue weighted by Gasteiger charge is 2.35. The van der Waals surface area contributed by atoms with Gasteiger partial charge in [0.15, 0.2) is 0 Å². The van der Waals surface area contributed by atoms with Crippen LogP contribution in [-0.4, -0.2) is 26.2 Å². The van der Waals surface area contributed by atoms with Gasteiger partial charge in [-0.1, -0.05) is 6.07 Å². The van der Waals surface area contributed by atoms with Gasteiger partial charge in [-0.3, -0.25) is 0 Å². The average molecular weight is 232 g/mol. The molecule has 1 saturated heterocycles. The molecule has 17 heavy (non-hydrogen) atoms. The summed E-state index contributed by atoms with van der Waals surface area (Å²) in [5, 5.41) is 0. The van der Waals surface area contributed by atoms with Gasteiger partial charge in [0.05, 0.1) is 7.11 Å².